The molecule has 0 radical (unpaired) electrons. The first kappa shape index (κ1) is 4.77. The third kappa shape index (κ3) is 0.501. The van der Waals surface area contributed by atoms with E-state index in [1.165, 1.54) is 19.4 Å². The van der Waals surface area contributed by atoms with Crippen LogP contribution in [0, 0.1) is 0 Å². The van der Waals surface area contributed by atoms with Crippen molar-refractivity contribution in [2.45, 2.75) is 25.0 Å². The van der Waals surface area contributed by atoms with Gasteiger partial charge in [0.1, 0.15) is 0 Å². The lowest BCUT2D eigenvalue weighted by atomic mass is 10.1. The van der Waals surface area contributed by atoms with Gasteiger partial charge in [-0.1, -0.05) is 0 Å². The normalized spacial score (nSPS) is 46.1. The number of hydrogen-bond donors (Lipinski definition) is 1. The lowest BCUT2D eigenvalue weighted by Crippen LogP contribution is -2.30. The number of likely N-dealkylation sites (tertiary alicyclic amines) is 1. The molecule has 2 atom stereocenters. The molecule has 2 bridgehead atoms. The molecule has 0 spiro atoms. The van der Waals surface area contributed by atoms with Crippen molar-refractivity contribution in [3.63, 3.8) is 0 Å². The van der Waals surface area contributed by atoms with Crippen LogP contribution in [0.2, 0.25) is 0 Å². The number of likely N-dealkylation sites (N-methyl/N-ethyl adjacent to an activating group) is 1. The summed E-state index contributed by atoms with van der Waals surface area (Å²) in [7, 11) is 2.19. The van der Waals surface area contributed by atoms with Crippen molar-refractivity contribution in [1.29, 1.82) is 0 Å². The summed E-state index contributed by atoms with van der Waals surface area (Å²) in [5.74, 6) is 0. The van der Waals surface area contributed by atoms with E-state index in [1.54, 1.807) is 0 Å². The Morgan fingerprint density at radius 2 is 2.38 bits per heavy atom. The molecule has 2 heteroatoms. The quantitative estimate of drug-likeness (QED) is 0.475. The molecule has 2 rings (SSSR count). The van der Waals surface area contributed by atoms with Crippen molar-refractivity contribution in [3.8, 4) is 0 Å². The summed E-state index contributed by atoms with van der Waals surface area (Å²) >= 11 is 0. The Labute approximate surface area is 49.9 Å². The maximum atomic E-state index is 3.50. The SMILES string of the molecule is CN1CC2CCC1N2. The zero-order valence-electron chi connectivity index (χ0n) is 5.22. The number of nitrogens with one attached hydrogen (secondary N) is 1. The van der Waals surface area contributed by atoms with E-state index < -0.39 is 0 Å². The lowest BCUT2D eigenvalue weighted by molar-refractivity contribution is 0.267. The van der Waals surface area contributed by atoms with Crippen LogP contribution in [-0.4, -0.2) is 30.7 Å². The van der Waals surface area contributed by atoms with E-state index in [0.717, 1.165) is 12.2 Å². The van der Waals surface area contributed by atoms with Gasteiger partial charge in [-0.15, -0.1) is 0 Å². The Morgan fingerprint density at radius 1 is 1.50 bits per heavy atom. The van der Waals surface area contributed by atoms with Gasteiger partial charge in [0, 0.05) is 12.6 Å². The number of rotatable bonds is 0. The third-order valence-corrected chi connectivity index (χ3v) is 2.26. The van der Waals surface area contributed by atoms with E-state index in [-0.39, 0.29) is 0 Å². The number of fused-ring (bicyclic) bond motifs is 2. The van der Waals surface area contributed by atoms with Gasteiger partial charge in [-0.3, -0.25) is 10.2 Å². The summed E-state index contributed by atoms with van der Waals surface area (Å²) in [6.45, 7) is 1.27. The Bertz CT molecular complexity index is 101. The standard InChI is InChI=1S/C6H12N2/c1-8-4-5-2-3-6(8)7-5/h5-7H,2-4H2,1H3. The summed E-state index contributed by atoms with van der Waals surface area (Å²) in [6.07, 6.45) is 3.48. The summed E-state index contributed by atoms with van der Waals surface area (Å²) in [6, 6.07) is 0.824. The zero-order valence-corrected chi connectivity index (χ0v) is 5.22. The van der Waals surface area contributed by atoms with Gasteiger partial charge >= 0.3 is 0 Å². The molecule has 0 saturated carbocycles. The predicted octanol–water partition coefficient (Wildman–Crippen LogP) is 0.00990. The predicted molar refractivity (Wildman–Crippen MR) is 32.6 cm³/mol. The molecule has 0 aliphatic carbocycles. The van der Waals surface area contributed by atoms with E-state index in [2.05, 4.69) is 17.3 Å². The first-order valence-corrected chi connectivity index (χ1v) is 3.32. The molecule has 2 unspecified atom stereocenters. The highest BCUT2D eigenvalue weighted by Crippen LogP contribution is 2.22. The van der Waals surface area contributed by atoms with Crippen LogP contribution in [0.1, 0.15) is 12.8 Å². The Kier molecular flexibility index (Phi) is 0.866. The second-order valence-corrected chi connectivity index (χ2v) is 2.90. The second kappa shape index (κ2) is 1.45. The van der Waals surface area contributed by atoms with Crippen molar-refractivity contribution in [2.24, 2.45) is 0 Å². The van der Waals surface area contributed by atoms with Gasteiger partial charge in [-0.05, 0) is 19.9 Å². The minimum atomic E-state index is 0.722. The van der Waals surface area contributed by atoms with Gasteiger partial charge in [0.25, 0.3) is 0 Å². The van der Waals surface area contributed by atoms with Gasteiger partial charge in [-0.25, -0.2) is 0 Å². The van der Waals surface area contributed by atoms with Gasteiger partial charge in [0.05, 0.1) is 6.17 Å². The Morgan fingerprint density at radius 3 is 2.62 bits per heavy atom. The van der Waals surface area contributed by atoms with Gasteiger partial charge < -0.3 is 0 Å². The van der Waals surface area contributed by atoms with Crippen LogP contribution < -0.4 is 5.32 Å². The summed E-state index contributed by atoms with van der Waals surface area (Å²) in [5, 5.41) is 3.50. The summed E-state index contributed by atoms with van der Waals surface area (Å²) in [4.78, 5) is 2.40. The minimum absolute atomic E-state index is 0.722. The van der Waals surface area contributed by atoms with E-state index in [4.69, 9.17) is 0 Å². The molecule has 8 heavy (non-hydrogen) atoms. The van der Waals surface area contributed by atoms with E-state index in [1.807, 2.05) is 0 Å². The minimum Gasteiger partial charge on any atom is -0.298 e. The van der Waals surface area contributed by atoms with Crippen LogP contribution in [0.25, 0.3) is 0 Å². The molecule has 2 heterocycles. The van der Waals surface area contributed by atoms with E-state index in [9.17, 15) is 0 Å². The highest BCUT2D eigenvalue weighted by Gasteiger charge is 2.34. The molecule has 2 saturated heterocycles. The van der Waals surface area contributed by atoms with Crippen LogP contribution >= 0.6 is 0 Å². The van der Waals surface area contributed by atoms with Gasteiger partial charge in [-0.2, -0.15) is 0 Å². The van der Waals surface area contributed by atoms with Crippen molar-refractivity contribution in [3.05, 3.63) is 0 Å². The molecule has 2 aliphatic heterocycles. The molecule has 0 aromatic heterocycles. The maximum Gasteiger partial charge on any atom is 0.0598 e. The van der Waals surface area contributed by atoms with Crippen LogP contribution in [-0.2, 0) is 0 Å². The highest BCUT2D eigenvalue weighted by molar-refractivity contribution is 4.91. The molecule has 2 aliphatic rings. The molecule has 2 nitrogen and oxygen atoms in total. The topological polar surface area (TPSA) is 15.3 Å². The van der Waals surface area contributed by atoms with Gasteiger partial charge in [0.15, 0.2) is 0 Å². The first-order chi connectivity index (χ1) is 3.86. The van der Waals surface area contributed by atoms with Gasteiger partial charge in [0.2, 0.25) is 0 Å². The monoisotopic (exact) mass is 112 g/mol. The Balaban J connectivity index is 2.11. The largest absolute Gasteiger partial charge is 0.298 e. The van der Waals surface area contributed by atoms with Crippen LogP contribution in [0.4, 0.5) is 0 Å². The molecule has 2 fully saturated rings. The molecule has 0 aromatic carbocycles. The van der Waals surface area contributed by atoms with Crippen LogP contribution in [0.15, 0.2) is 0 Å². The van der Waals surface area contributed by atoms with Crippen LogP contribution in [0.5, 0.6) is 0 Å². The molecule has 1 N–H and O–H groups in total. The highest BCUT2D eigenvalue weighted by atomic mass is 15.3. The fraction of sp³-hybridized carbons (Fsp3) is 1.00. The molecular weight excluding hydrogens is 100 g/mol. The van der Waals surface area contributed by atoms with E-state index in [0.29, 0.717) is 0 Å². The molecule has 0 aromatic rings. The van der Waals surface area contributed by atoms with Crippen molar-refractivity contribution in [1.82, 2.24) is 10.2 Å². The lowest BCUT2D eigenvalue weighted by Gasteiger charge is -2.18. The summed E-state index contributed by atoms with van der Waals surface area (Å²) in [5.41, 5.74) is 0. The first-order valence-electron chi connectivity index (χ1n) is 3.32. The Hall–Kier alpha value is -0.0800. The average Bonchev–Trinajstić information content (AvgIpc) is 2.23. The number of piperidine rings is 1. The fourth-order valence-electron chi connectivity index (χ4n) is 1.76. The second-order valence-electron chi connectivity index (χ2n) is 2.90. The van der Waals surface area contributed by atoms with Crippen molar-refractivity contribution in [2.75, 3.05) is 13.6 Å². The van der Waals surface area contributed by atoms with Crippen LogP contribution in [0.3, 0.4) is 0 Å². The molecule has 0 amide bonds. The maximum absolute atomic E-state index is 3.50. The molecule has 46 valence electrons. The average molecular weight is 112 g/mol. The van der Waals surface area contributed by atoms with E-state index >= 15 is 0 Å². The fourth-order valence-corrected chi connectivity index (χ4v) is 1.76. The summed E-state index contributed by atoms with van der Waals surface area (Å²) < 4.78 is 0. The van der Waals surface area contributed by atoms with Crippen molar-refractivity contribution >= 4 is 0 Å². The number of nitrogens with zero attached hydrogens (tertiary/aromatic N) is 1. The smallest absolute Gasteiger partial charge is 0.0598 e. The van der Waals surface area contributed by atoms with Crippen molar-refractivity contribution < 1.29 is 0 Å². The zero-order chi connectivity index (χ0) is 5.56. The third-order valence-electron chi connectivity index (χ3n) is 2.26. The number of hydrogen-bond acceptors (Lipinski definition) is 2. The molecular formula is C6H12N2.